The number of aromatic nitrogens is 4. The monoisotopic (exact) mass is 744 g/mol. The Morgan fingerprint density at radius 3 is 2.74 bits per heavy atom. The van der Waals surface area contributed by atoms with Crippen LogP contribution in [0.4, 0.5) is 20.7 Å². The molecule has 6 heterocycles. The summed E-state index contributed by atoms with van der Waals surface area (Å²) in [5.41, 5.74) is 4.38. The highest BCUT2D eigenvalue weighted by Crippen LogP contribution is 2.50. The molecule has 54 heavy (non-hydrogen) atoms. The zero-order valence-electron chi connectivity index (χ0n) is 32.4. The summed E-state index contributed by atoms with van der Waals surface area (Å²) in [7, 11) is 3.46. The number of hydrogen-bond acceptors (Lipinski definition) is 10. The van der Waals surface area contributed by atoms with E-state index in [4.69, 9.17) is 24.2 Å². The molecule has 4 atom stereocenters. The Balaban J connectivity index is 1.15. The van der Waals surface area contributed by atoms with Crippen molar-refractivity contribution in [3.8, 4) is 6.01 Å². The molecule has 1 spiro atoms. The molecule has 8 rings (SSSR count). The van der Waals surface area contributed by atoms with Crippen molar-refractivity contribution in [2.45, 2.75) is 121 Å². The minimum absolute atomic E-state index is 0.134. The van der Waals surface area contributed by atoms with Gasteiger partial charge in [-0.15, -0.1) is 0 Å². The van der Waals surface area contributed by atoms with Crippen LogP contribution in [0.2, 0.25) is 0 Å². The van der Waals surface area contributed by atoms with E-state index in [1.54, 1.807) is 19.0 Å². The van der Waals surface area contributed by atoms with E-state index in [1.165, 1.54) is 5.56 Å². The van der Waals surface area contributed by atoms with Crippen LogP contribution >= 0.6 is 0 Å². The van der Waals surface area contributed by atoms with E-state index in [0.717, 1.165) is 73.5 Å². The second-order valence-electron chi connectivity index (χ2n) is 17.2. The third-order valence-corrected chi connectivity index (χ3v) is 11.9. The summed E-state index contributed by atoms with van der Waals surface area (Å²) >= 11 is 0. The molecule has 2 saturated heterocycles. The molecule has 3 aromatic rings. The fraction of sp³-hybridized carbons (Fsp3) is 0.625. The molecule has 0 bridgehead atoms. The average Bonchev–Trinajstić information content (AvgIpc) is 3.74. The van der Waals surface area contributed by atoms with Gasteiger partial charge >= 0.3 is 12.1 Å². The van der Waals surface area contributed by atoms with Crippen molar-refractivity contribution in [1.82, 2.24) is 29.5 Å². The summed E-state index contributed by atoms with van der Waals surface area (Å²) in [5.74, 6) is 0.933. The number of hydrogen-bond donors (Lipinski definition) is 1. The van der Waals surface area contributed by atoms with Gasteiger partial charge in [0.15, 0.2) is 5.69 Å². The van der Waals surface area contributed by atoms with Gasteiger partial charge in [-0.3, -0.25) is 19.7 Å². The highest BCUT2D eigenvalue weighted by Gasteiger charge is 2.50. The topological polar surface area (TPSA) is 127 Å². The molecule has 2 amide bonds. The van der Waals surface area contributed by atoms with E-state index in [1.807, 2.05) is 43.7 Å². The highest BCUT2D eigenvalue weighted by molar-refractivity contribution is 5.92. The van der Waals surface area contributed by atoms with Gasteiger partial charge in [-0.05, 0) is 94.7 Å². The van der Waals surface area contributed by atoms with Gasteiger partial charge in [-0.1, -0.05) is 13.0 Å². The predicted octanol–water partition coefficient (Wildman–Crippen LogP) is 5.95. The van der Waals surface area contributed by atoms with Gasteiger partial charge in [-0.25, -0.2) is 9.18 Å². The first-order valence-electron chi connectivity index (χ1n) is 19.4. The van der Waals surface area contributed by atoms with Gasteiger partial charge in [0.1, 0.15) is 24.2 Å². The highest BCUT2D eigenvalue weighted by atomic mass is 19.1. The maximum Gasteiger partial charge on any atom is 0.412 e. The molecule has 1 aliphatic carbocycles. The number of nitrogens with zero attached hydrogens (tertiary/aromatic N) is 7. The number of halogens is 1. The molecule has 5 aliphatic rings. The molecule has 0 saturated carbocycles. The Morgan fingerprint density at radius 2 is 1.94 bits per heavy atom. The summed E-state index contributed by atoms with van der Waals surface area (Å²) in [6, 6.07) is 8.22. The van der Waals surface area contributed by atoms with Gasteiger partial charge in [0.2, 0.25) is 0 Å². The lowest BCUT2D eigenvalue weighted by atomic mass is 9.71. The van der Waals surface area contributed by atoms with Gasteiger partial charge in [0.05, 0.1) is 35.7 Å². The van der Waals surface area contributed by atoms with Crippen LogP contribution in [0.3, 0.4) is 0 Å². The van der Waals surface area contributed by atoms with Crippen LogP contribution in [0, 0.1) is 0 Å². The number of fused-ring (bicyclic) bond motifs is 5. The van der Waals surface area contributed by atoms with E-state index < -0.39 is 23.5 Å². The molecular weight excluding hydrogens is 691 g/mol. The molecule has 2 fully saturated rings. The zero-order valence-corrected chi connectivity index (χ0v) is 32.4. The van der Waals surface area contributed by atoms with Crippen LogP contribution in [0.15, 0.2) is 24.3 Å². The largest absolute Gasteiger partial charge is 0.461 e. The normalized spacial score (nSPS) is 26.4. The van der Waals surface area contributed by atoms with Gasteiger partial charge in [-0.2, -0.15) is 15.1 Å². The van der Waals surface area contributed by atoms with Crippen LogP contribution in [0.25, 0.3) is 0 Å². The van der Waals surface area contributed by atoms with Gasteiger partial charge in [0.25, 0.3) is 5.91 Å². The van der Waals surface area contributed by atoms with Crippen molar-refractivity contribution in [3.05, 3.63) is 58.0 Å². The lowest BCUT2D eigenvalue weighted by molar-refractivity contribution is -0.0872. The van der Waals surface area contributed by atoms with Crippen molar-refractivity contribution in [2.24, 2.45) is 0 Å². The molecule has 0 unspecified atom stereocenters. The van der Waals surface area contributed by atoms with E-state index in [-0.39, 0.29) is 17.5 Å². The number of nitrogens with one attached hydrogen (secondary N) is 1. The lowest BCUT2D eigenvalue weighted by Crippen LogP contribution is -2.44. The van der Waals surface area contributed by atoms with Crippen molar-refractivity contribution >= 4 is 23.5 Å². The van der Waals surface area contributed by atoms with Crippen LogP contribution in [0.5, 0.6) is 6.01 Å². The molecule has 0 radical (unpaired) electrons. The predicted molar refractivity (Wildman–Crippen MR) is 201 cm³/mol. The standard InChI is InChI=1S/C40H53FN8O5/c1-25-11-13-40(31-17-27(9-10-29(25)31)42-37(51)54-38(2,3)4)20-33-30(23-53-40)34(44-36(43-33)52-24-39-12-7-15-48(39)21-26(41)19-39)47-14-8-16-49-28(22-47)18-32(45-49)35(50)46(5)6/h9-10,17-18,25-26H,7-8,11-16,19-24H2,1-6H3,(H,42,51)/t25-,26+,39-,40-/m0/s1. The number of anilines is 2. The number of alkyl halides is 1. The Hall–Kier alpha value is -4.30. The molecule has 4 aliphatic heterocycles. The van der Waals surface area contributed by atoms with E-state index in [0.29, 0.717) is 63.0 Å². The first-order valence-corrected chi connectivity index (χ1v) is 19.4. The minimum atomic E-state index is -0.861. The maximum atomic E-state index is 14.7. The van der Waals surface area contributed by atoms with Crippen LogP contribution in [-0.2, 0) is 41.2 Å². The number of ether oxygens (including phenoxy) is 3. The Kier molecular flexibility index (Phi) is 9.35. The minimum Gasteiger partial charge on any atom is -0.461 e. The summed E-state index contributed by atoms with van der Waals surface area (Å²) < 4.78 is 35.7. The number of carbonyl (C=O) groups is 2. The Morgan fingerprint density at radius 1 is 1.11 bits per heavy atom. The second-order valence-corrected chi connectivity index (χ2v) is 17.2. The molecule has 13 nitrogen and oxygen atoms in total. The summed E-state index contributed by atoms with van der Waals surface area (Å²) in [4.78, 5) is 41.8. The van der Waals surface area contributed by atoms with Gasteiger partial charge < -0.3 is 24.0 Å². The van der Waals surface area contributed by atoms with Crippen molar-refractivity contribution < 1.29 is 28.2 Å². The molecule has 2 aromatic heterocycles. The number of benzene rings is 1. The Bertz CT molecular complexity index is 1950. The van der Waals surface area contributed by atoms with Crippen LogP contribution in [0.1, 0.15) is 111 Å². The summed E-state index contributed by atoms with van der Waals surface area (Å²) in [5, 5.41) is 7.58. The quantitative estimate of drug-likeness (QED) is 0.324. The molecule has 290 valence electrons. The number of amides is 2. The second kappa shape index (κ2) is 13.8. The summed E-state index contributed by atoms with van der Waals surface area (Å²) in [6.45, 7) is 11.6. The third kappa shape index (κ3) is 6.91. The fourth-order valence-electron chi connectivity index (χ4n) is 9.22. The zero-order chi connectivity index (χ0) is 38.0. The average molecular weight is 745 g/mol. The summed E-state index contributed by atoms with van der Waals surface area (Å²) in [6.07, 6.45) is 4.03. The maximum absolute atomic E-state index is 14.7. The molecular formula is C40H53FN8O5. The number of aryl methyl sites for hydroxylation is 1. The van der Waals surface area contributed by atoms with E-state index in [2.05, 4.69) is 33.2 Å². The van der Waals surface area contributed by atoms with E-state index >= 15 is 0 Å². The Labute approximate surface area is 316 Å². The first kappa shape index (κ1) is 36.7. The molecule has 14 heteroatoms. The van der Waals surface area contributed by atoms with Crippen molar-refractivity contribution in [3.63, 3.8) is 0 Å². The smallest absolute Gasteiger partial charge is 0.412 e. The SMILES string of the molecule is C[C@H]1CC[C@]2(Cc3nc(OC[C@@]45CCCN4C[C@H](F)C5)nc(N4CCCn5nc(C(=O)N(C)C)cc5C4)c3CO2)c2cc(NC(=O)OC(C)(C)C)ccc21. The lowest BCUT2D eigenvalue weighted by Gasteiger charge is -2.44. The number of rotatable bonds is 6. The van der Waals surface area contributed by atoms with Gasteiger partial charge in [0, 0.05) is 57.8 Å². The van der Waals surface area contributed by atoms with Crippen molar-refractivity contribution in [2.75, 3.05) is 50.6 Å². The molecule has 1 aromatic carbocycles. The van der Waals surface area contributed by atoms with Crippen molar-refractivity contribution in [1.29, 1.82) is 0 Å². The third-order valence-electron chi connectivity index (χ3n) is 11.9. The van der Waals surface area contributed by atoms with Crippen LogP contribution < -0.4 is 15.0 Å². The fourth-order valence-corrected chi connectivity index (χ4v) is 9.22. The number of carbonyl (C=O) groups excluding carboxylic acids is 2. The molecule has 1 N–H and O–H groups in total. The van der Waals surface area contributed by atoms with Crippen LogP contribution in [-0.4, -0.2) is 99.2 Å². The van der Waals surface area contributed by atoms with E-state index in [9.17, 15) is 14.0 Å². The first-order chi connectivity index (χ1) is 25.7.